The third-order valence-electron chi connectivity index (χ3n) is 5.77. The van der Waals surface area contributed by atoms with E-state index in [1.54, 1.807) is 0 Å². The van der Waals surface area contributed by atoms with E-state index in [9.17, 15) is 4.79 Å². The Hall–Kier alpha value is -2.41. The summed E-state index contributed by atoms with van der Waals surface area (Å²) >= 11 is 0. The lowest BCUT2D eigenvalue weighted by Crippen LogP contribution is -2.41. The molecule has 0 radical (unpaired) electrons. The van der Waals surface area contributed by atoms with E-state index in [1.165, 1.54) is 5.56 Å². The lowest BCUT2D eigenvalue weighted by molar-refractivity contribution is -0.134. The molecule has 1 fully saturated rings. The van der Waals surface area contributed by atoms with Gasteiger partial charge >= 0.3 is 0 Å². The molecule has 28 heavy (non-hydrogen) atoms. The van der Waals surface area contributed by atoms with Gasteiger partial charge in [0.2, 0.25) is 0 Å². The molecular formula is C21H29N5O2. The highest BCUT2D eigenvalue weighted by Gasteiger charge is 2.28. The minimum Gasteiger partial charge on any atom is -0.484 e. The van der Waals surface area contributed by atoms with E-state index in [-0.39, 0.29) is 12.5 Å². The van der Waals surface area contributed by atoms with Crippen molar-refractivity contribution in [3.63, 3.8) is 0 Å². The van der Waals surface area contributed by atoms with Crippen LogP contribution >= 0.6 is 0 Å². The maximum Gasteiger partial charge on any atom is 0.260 e. The molecule has 2 aromatic rings. The molecule has 150 valence electrons. The number of nitrogens with one attached hydrogen (secondary N) is 1. The van der Waals surface area contributed by atoms with Crippen molar-refractivity contribution in [1.82, 2.24) is 25.0 Å². The standard InChI is InChI=1S/C21H29N5O2/c1-15(2)16-3-5-18(6-4-16)28-14-20(27)25-10-7-17(8-11-25)21-24-23-19-13-22-9-12-26(19)21/h3-6,15,17,22H,7-14H2,1-2H3. The molecule has 7 nitrogen and oxygen atoms in total. The minimum absolute atomic E-state index is 0.0545. The molecule has 4 rings (SSSR count). The number of hydrogen-bond acceptors (Lipinski definition) is 5. The number of fused-ring (bicyclic) bond motifs is 1. The SMILES string of the molecule is CC(C)c1ccc(OCC(=O)N2CCC(c3nnc4n3CCNC4)CC2)cc1. The second-order valence-corrected chi connectivity index (χ2v) is 7.97. The van der Waals surface area contributed by atoms with Crippen LogP contribution in [0.4, 0.5) is 0 Å². The number of benzene rings is 1. The summed E-state index contributed by atoms with van der Waals surface area (Å²) in [7, 11) is 0. The average Bonchev–Trinajstić information content (AvgIpc) is 3.16. The second kappa shape index (κ2) is 8.31. The van der Waals surface area contributed by atoms with E-state index in [0.29, 0.717) is 11.8 Å². The molecular weight excluding hydrogens is 354 g/mol. The first-order valence-electron chi connectivity index (χ1n) is 10.2. The molecule has 0 bridgehead atoms. The molecule has 0 atom stereocenters. The van der Waals surface area contributed by atoms with Crippen molar-refractivity contribution in [3.05, 3.63) is 41.5 Å². The van der Waals surface area contributed by atoms with Crippen molar-refractivity contribution < 1.29 is 9.53 Å². The Balaban J connectivity index is 1.27. The first kappa shape index (κ1) is 18.9. The molecule has 2 aliphatic heterocycles. The third kappa shape index (κ3) is 4.04. The number of nitrogens with zero attached hydrogens (tertiary/aromatic N) is 4. The van der Waals surface area contributed by atoms with Gasteiger partial charge in [-0.3, -0.25) is 4.79 Å². The average molecular weight is 383 g/mol. The minimum atomic E-state index is 0.0545. The topological polar surface area (TPSA) is 72.3 Å². The van der Waals surface area contributed by atoms with Crippen LogP contribution in [-0.4, -0.2) is 51.8 Å². The monoisotopic (exact) mass is 383 g/mol. The van der Waals surface area contributed by atoms with Gasteiger partial charge in [0, 0.05) is 32.1 Å². The summed E-state index contributed by atoms with van der Waals surface area (Å²) in [5.41, 5.74) is 1.27. The first-order chi connectivity index (χ1) is 13.6. The number of hydrogen-bond donors (Lipinski definition) is 1. The lowest BCUT2D eigenvalue weighted by Gasteiger charge is -2.32. The van der Waals surface area contributed by atoms with Crippen molar-refractivity contribution in [2.75, 3.05) is 26.2 Å². The molecule has 1 N–H and O–H groups in total. The predicted octanol–water partition coefficient (Wildman–Crippen LogP) is 2.29. The van der Waals surface area contributed by atoms with Crippen molar-refractivity contribution in [2.45, 2.75) is 51.6 Å². The van der Waals surface area contributed by atoms with Crippen molar-refractivity contribution in [1.29, 1.82) is 0 Å². The molecule has 0 spiro atoms. The van der Waals surface area contributed by atoms with Crippen LogP contribution in [0.2, 0.25) is 0 Å². The zero-order valence-electron chi connectivity index (χ0n) is 16.7. The summed E-state index contributed by atoms with van der Waals surface area (Å²) in [5.74, 6) is 3.79. The highest BCUT2D eigenvalue weighted by molar-refractivity contribution is 5.77. The summed E-state index contributed by atoms with van der Waals surface area (Å²) in [4.78, 5) is 14.4. The second-order valence-electron chi connectivity index (χ2n) is 7.97. The van der Waals surface area contributed by atoms with Crippen LogP contribution in [0, 0.1) is 0 Å². The van der Waals surface area contributed by atoms with Gasteiger partial charge in [-0.2, -0.15) is 0 Å². The summed E-state index contributed by atoms with van der Waals surface area (Å²) in [5, 5.41) is 12.1. The molecule has 1 aromatic carbocycles. The molecule has 7 heteroatoms. The Morgan fingerprint density at radius 3 is 2.64 bits per heavy atom. The van der Waals surface area contributed by atoms with Gasteiger partial charge in [-0.1, -0.05) is 26.0 Å². The quantitative estimate of drug-likeness (QED) is 0.858. The van der Waals surface area contributed by atoms with Gasteiger partial charge in [-0.25, -0.2) is 0 Å². The van der Waals surface area contributed by atoms with E-state index >= 15 is 0 Å². The fourth-order valence-electron chi connectivity index (χ4n) is 3.99. The summed E-state index contributed by atoms with van der Waals surface area (Å²) in [6, 6.07) is 8.01. The van der Waals surface area contributed by atoms with Gasteiger partial charge in [-0.15, -0.1) is 10.2 Å². The molecule has 2 aliphatic rings. The van der Waals surface area contributed by atoms with Crippen LogP contribution in [0.25, 0.3) is 0 Å². The third-order valence-corrected chi connectivity index (χ3v) is 5.77. The van der Waals surface area contributed by atoms with Crippen LogP contribution < -0.4 is 10.1 Å². The van der Waals surface area contributed by atoms with Gasteiger partial charge in [0.25, 0.3) is 5.91 Å². The molecule has 0 saturated carbocycles. The van der Waals surface area contributed by atoms with Gasteiger partial charge in [0.05, 0.1) is 6.54 Å². The number of carbonyl (C=O) groups is 1. The Morgan fingerprint density at radius 2 is 1.93 bits per heavy atom. The lowest BCUT2D eigenvalue weighted by atomic mass is 9.95. The molecule has 0 unspecified atom stereocenters. The fraction of sp³-hybridized carbons (Fsp3) is 0.571. The van der Waals surface area contributed by atoms with Gasteiger partial charge in [0.15, 0.2) is 6.61 Å². The highest BCUT2D eigenvalue weighted by atomic mass is 16.5. The number of ether oxygens (including phenoxy) is 1. The summed E-state index contributed by atoms with van der Waals surface area (Å²) in [6.07, 6.45) is 1.86. The van der Waals surface area contributed by atoms with E-state index in [2.05, 4.69) is 46.1 Å². The summed E-state index contributed by atoms with van der Waals surface area (Å²) in [6.45, 7) is 8.60. The molecule has 3 heterocycles. The number of carbonyl (C=O) groups excluding carboxylic acids is 1. The zero-order valence-corrected chi connectivity index (χ0v) is 16.7. The Bertz CT molecular complexity index is 807. The number of likely N-dealkylation sites (tertiary alicyclic amines) is 1. The van der Waals surface area contributed by atoms with E-state index in [0.717, 1.165) is 63.0 Å². The predicted molar refractivity (Wildman–Crippen MR) is 106 cm³/mol. The number of amides is 1. The summed E-state index contributed by atoms with van der Waals surface area (Å²) < 4.78 is 7.96. The van der Waals surface area contributed by atoms with Crippen molar-refractivity contribution in [3.8, 4) is 5.75 Å². The first-order valence-corrected chi connectivity index (χ1v) is 10.2. The van der Waals surface area contributed by atoms with Crippen LogP contribution in [0.15, 0.2) is 24.3 Å². The Morgan fingerprint density at radius 1 is 1.18 bits per heavy atom. The molecule has 1 amide bonds. The van der Waals surface area contributed by atoms with E-state index < -0.39 is 0 Å². The molecule has 0 aliphatic carbocycles. The molecule has 1 aromatic heterocycles. The van der Waals surface area contributed by atoms with Crippen LogP contribution in [-0.2, 0) is 17.9 Å². The van der Waals surface area contributed by atoms with Gasteiger partial charge in [-0.05, 0) is 36.5 Å². The fourth-order valence-corrected chi connectivity index (χ4v) is 3.99. The Kier molecular flexibility index (Phi) is 5.62. The number of aromatic nitrogens is 3. The normalized spacial score (nSPS) is 17.6. The van der Waals surface area contributed by atoms with Gasteiger partial charge < -0.3 is 19.5 Å². The van der Waals surface area contributed by atoms with Crippen LogP contribution in [0.5, 0.6) is 5.75 Å². The largest absolute Gasteiger partial charge is 0.484 e. The van der Waals surface area contributed by atoms with Crippen molar-refractivity contribution >= 4 is 5.91 Å². The van der Waals surface area contributed by atoms with E-state index in [1.807, 2.05) is 17.0 Å². The zero-order chi connectivity index (χ0) is 19.5. The van der Waals surface area contributed by atoms with E-state index in [4.69, 9.17) is 4.74 Å². The van der Waals surface area contributed by atoms with Crippen LogP contribution in [0.3, 0.4) is 0 Å². The number of rotatable bonds is 5. The Labute approximate surface area is 166 Å². The van der Waals surface area contributed by atoms with Crippen LogP contribution in [0.1, 0.15) is 55.7 Å². The number of piperidine rings is 1. The smallest absolute Gasteiger partial charge is 0.260 e. The molecule has 1 saturated heterocycles. The maximum atomic E-state index is 12.5. The highest BCUT2D eigenvalue weighted by Crippen LogP contribution is 2.28. The van der Waals surface area contributed by atoms with Gasteiger partial charge in [0.1, 0.15) is 17.4 Å². The van der Waals surface area contributed by atoms with Crippen molar-refractivity contribution in [2.24, 2.45) is 0 Å². The maximum absolute atomic E-state index is 12.5.